The quantitative estimate of drug-likeness (QED) is 0.246. The average Bonchev–Trinajstić information content (AvgIpc) is 3.10. The van der Waals surface area contributed by atoms with E-state index in [1.807, 2.05) is 6.07 Å². The third-order valence-corrected chi connectivity index (χ3v) is 4.67. The zero-order valence-corrected chi connectivity index (χ0v) is 23.3. The van der Waals surface area contributed by atoms with Crippen molar-refractivity contribution in [1.29, 1.82) is 5.26 Å². The first kappa shape index (κ1) is 31.2. The Bertz CT molecular complexity index is 813. The summed E-state index contributed by atoms with van der Waals surface area (Å²) in [4.78, 5) is 18.8. The van der Waals surface area contributed by atoms with Gasteiger partial charge < -0.3 is 29.8 Å². The van der Waals surface area contributed by atoms with Gasteiger partial charge in [-0.15, -0.1) is 0 Å². The second-order valence-electron chi connectivity index (χ2n) is 6.50. The molecule has 1 saturated heterocycles. The number of nitrogens with one attached hydrogen (secondary N) is 1. The van der Waals surface area contributed by atoms with Crippen LogP contribution in [0.15, 0.2) is 18.2 Å². The van der Waals surface area contributed by atoms with Crippen LogP contribution in [-0.4, -0.2) is 42.5 Å². The Hall–Kier alpha value is 0.233. The molecule has 0 radical (unpaired) electrons. The van der Waals surface area contributed by atoms with Gasteiger partial charge in [-0.05, 0) is 18.3 Å². The second kappa shape index (κ2) is 13.8. The van der Waals surface area contributed by atoms with Gasteiger partial charge in [-0.3, -0.25) is 10.1 Å². The van der Waals surface area contributed by atoms with E-state index >= 15 is 0 Å². The number of nitro groups is 1. The largest absolute Gasteiger partial charge is 1.00 e. The number of halogens is 2. The minimum Gasteiger partial charge on any atom is -0.652 e. The number of nitrogens with zero attached hydrogens (tertiary/aromatic N) is 2. The average molecular weight is 492 g/mol. The zero-order chi connectivity index (χ0) is 21.7. The van der Waals surface area contributed by atoms with Gasteiger partial charge in [0.1, 0.15) is 5.69 Å². The van der Waals surface area contributed by atoms with Gasteiger partial charge in [0.25, 0.3) is 11.6 Å². The Morgan fingerprint density at radius 1 is 1.26 bits per heavy atom. The maximum Gasteiger partial charge on any atom is 1.00 e. The van der Waals surface area contributed by atoms with Gasteiger partial charge in [-0.1, -0.05) is 0 Å². The Kier molecular flexibility index (Phi) is 13.9. The first-order chi connectivity index (χ1) is 13.6. The van der Waals surface area contributed by atoms with Gasteiger partial charge >= 0.3 is 103 Å². The molecule has 10 nitrogen and oxygen atoms in total. The van der Waals surface area contributed by atoms with Crippen molar-refractivity contribution in [2.45, 2.75) is 31.0 Å². The predicted molar refractivity (Wildman–Crippen MR) is 88.6 cm³/mol. The summed E-state index contributed by atoms with van der Waals surface area (Å²) in [6, 6.07) is 5.66. The van der Waals surface area contributed by atoms with Gasteiger partial charge in [0.2, 0.25) is 0 Å². The van der Waals surface area contributed by atoms with Crippen molar-refractivity contribution in [3.8, 4) is 6.07 Å². The molecule has 3 rings (SSSR count). The minimum atomic E-state index is -2.92. The summed E-state index contributed by atoms with van der Waals surface area (Å²) in [6.07, 6.45) is -2.56. The van der Waals surface area contributed by atoms with Crippen molar-refractivity contribution < 1.29 is 141 Å². The van der Waals surface area contributed by atoms with Crippen molar-refractivity contribution in [3.05, 3.63) is 33.9 Å². The predicted octanol–water partition coefficient (Wildman–Crippen LogP) is -5.38. The molecule has 0 unspecified atom stereocenters. The fourth-order valence-electron chi connectivity index (χ4n) is 3.31. The Morgan fingerprint density at radius 2 is 1.84 bits per heavy atom. The molecule has 1 atom stereocenters. The van der Waals surface area contributed by atoms with Crippen LogP contribution >= 0.6 is 0 Å². The van der Waals surface area contributed by atoms with Crippen molar-refractivity contribution in [2.75, 3.05) is 25.1 Å². The van der Waals surface area contributed by atoms with Gasteiger partial charge in [-0.25, -0.2) is 8.78 Å². The molecule has 1 heterocycles. The molecule has 0 bridgehead atoms. The number of ether oxygens (including phenoxy) is 2. The van der Waals surface area contributed by atoms with Gasteiger partial charge in [0.15, 0.2) is 5.79 Å². The summed E-state index contributed by atoms with van der Waals surface area (Å²) in [6.45, 7) is 0.569. The Balaban J connectivity index is 0.00000138. The monoisotopic (exact) mass is 491 g/mol. The minimum absolute atomic E-state index is 0. The van der Waals surface area contributed by atoms with Crippen LogP contribution in [0.3, 0.4) is 0 Å². The fourth-order valence-corrected chi connectivity index (χ4v) is 3.31. The van der Waals surface area contributed by atoms with E-state index in [-0.39, 0.29) is 146 Å². The summed E-state index contributed by atoms with van der Waals surface area (Å²) in [5, 5.41) is 39.4. The molecule has 0 amide bonds. The van der Waals surface area contributed by atoms with E-state index in [0.717, 1.165) is 0 Å². The molecule has 14 heteroatoms. The van der Waals surface area contributed by atoms with Crippen LogP contribution in [-0.2, 0) is 9.47 Å². The smallest absolute Gasteiger partial charge is 0.652 e. The summed E-state index contributed by atoms with van der Waals surface area (Å²) in [5.41, 5.74) is -0.00336. The molecule has 1 aromatic carbocycles. The van der Waals surface area contributed by atoms with Crippen LogP contribution in [0.4, 0.5) is 25.0 Å². The van der Waals surface area contributed by atoms with Gasteiger partial charge in [0.05, 0.1) is 29.8 Å². The fraction of sp³-hybridized carbons (Fsp3) is 0.529. The van der Waals surface area contributed by atoms with Crippen molar-refractivity contribution in [3.63, 3.8) is 0 Å². The summed E-state index contributed by atoms with van der Waals surface area (Å²) in [5.74, 6) is -4.99. The first-order valence-corrected chi connectivity index (χ1v) is 8.55. The number of alkyl halides is 2. The maximum absolute atomic E-state index is 14.3. The first-order valence-electron chi connectivity index (χ1n) is 8.55. The maximum atomic E-state index is 14.3. The number of carboxylic acid groups (broad SMARTS) is 2. The topological polar surface area (TPSA) is 161 Å². The van der Waals surface area contributed by atoms with E-state index in [9.17, 15) is 18.9 Å². The van der Waals surface area contributed by atoms with Crippen molar-refractivity contribution >= 4 is 17.5 Å². The molecule has 1 saturated carbocycles. The molecule has 1 aliphatic carbocycles. The number of carbonyl (C=O) groups excluding carboxylic acids is 1. The third kappa shape index (κ3) is 9.18. The Labute approximate surface area is 261 Å². The van der Waals surface area contributed by atoms with Crippen molar-refractivity contribution in [1.82, 2.24) is 0 Å². The third-order valence-electron chi connectivity index (χ3n) is 4.67. The summed E-state index contributed by atoms with van der Waals surface area (Å²) in [7, 11) is 0. The van der Waals surface area contributed by atoms with Crippen molar-refractivity contribution in [2.24, 2.45) is 5.92 Å². The number of rotatable bonds is 4. The zero-order valence-electron chi connectivity index (χ0n) is 17.1. The number of hydrogen-bond donors (Lipinski definition) is 1. The molecular formula is C17H17F2K2N3O7. The number of nitro benzene ring substituents is 1. The molecule has 0 aromatic heterocycles. The van der Waals surface area contributed by atoms with Crippen LogP contribution in [0, 0.1) is 27.4 Å². The molecule has 2 aliphatic rings. The number of nitriles is 1. The van der Waals surface area contributed by atoms with E-state index in [1.54, 1.807) is 0 Å². The SMILES string of the molecule is N#Cc1ccc([N+](=O)[O-])c(NC[C@H]2CC3(CCC2(F)F)OCCO3)c1.O=C([O-])[O-].[K+].[K+]. The van der Waals surface area contributed by atoms with Crippen LogP contribution in [0.1, 0.15) is 24.8 Å². The normalized spacial score (nSPS) is 20.1. The molecule has 31 heavy (non-hydrogen) atoms. The van der Waals surface area contributed by atoms with Gasteiger partial charge in [0, 0.05) is 37.8 Å². The molecule has 1 N–H and O–H groups in total. The molecule has 1 aliphatic heterocycles. The van der Waals surface area contributed by atoms with Crippen LogP contribution < -0.4 is 118 Å². The molecule has 2 fully saturated rings. The van der Waals surface area contributed by atoms with E-state index in [0.29, 0.717) is 13.2 Å². The summed E-state index contributed by atoms with van der Waals surface area (Å²) < 4.78 is 39.6. The van der Waals surface area contributed by atoms with Crippen LogP contribution in [0.2, 0.25) is 0 Å². The molecular weight excluding hydrogens is 474 g/mol. The Morgan fingerprint density at radius 3 is 2.35 bits per heavy atom. The van der Waals surface area contributed by atoms with E-state index in [2.05, 4.69) is 5.32 Å². The molecule has 1 spiro atoms. The molecule has 1 aromatic rings. The van der Waals surface area contributed by atoms with Crippen LogP contribution in [0.5, 0.6) is 0 Å². The second-order valence-corrected chi connectivity index (χ2v) is 6.50. The van der Waals surface area contributed by atoms with Crippen LogP contribution in [0.25, 0.3) is 0 Å². The number of carbonyl (C=O) groups is 1. The van der Waals surface area contributed by atoms with E-state index < -0.39 is 28.7 Å². The number of anilines is 1. The standard InChI is InChI=1S/C16H17F2N3O4.CH2O3.2K/c17-16(18)4-3-15(24-5-6-25-15)8-12(16)10-20-13-7-11(9-19)1-2-14(13)21(22)23;2-1(3)4;;/h1-2,7,12,20H,3-6,8,10H2;(H2,2,3,4);;/q;;2*+1/p-2/t12-;;;/m1.../s1. The van der Waals surface area contributed by atoms with E-state index in [4.69, 9.17) is 29.7 Å². The molecule has 158 valence electrons. The summed E-state index contributed by atoms with van der Waals surface area (Å²) >= 11 is 0. The number of hydrogen-bond acceptors (Lipinski definition) is 9. The number of benzene rings is 1. The van der Waals surface area contributed by atoms with Gasteiger partial charge in [-0.2, -0.15) is 5.26 Å². The van der Waals surface area contributed by atoms with E-state index in [1.165, 1.54) is 18.2 Å².